The molecule has 0 aromatic rings. The second-order valence-corrected chi connectivity index (χ2v) is 4.42. The zero-order valence-electron chi connectivity index (χ0n) is 11.9. The molecule has 0 aromatic carbocycles. The van der Waals surface area contributed by atoms with Gasteiger partial charge in [0.25, 0.3) is 0 Å². The molecule has 19 heavy (non-hydrogen) atoms. The first kappa shape index (κ1) is 17.2. The van der Waals surface area contributed by atoms with Gasteiger partial charge in [0.05, 0.1) is 7.11 Å². The summed E-state index contributed by atoms with van der Waals surface area (Å²) in [5.41, 5.74) is -1.35. The monoisotopic (exact) mass is 274 g/mol. The van der Waals surface area contributed by atoms with Crippen LogP contribution in [0.25, 0.3) is 0 Å². The summed E-state index contributed by atoms with van der Waals surface area (Å²) in [7, 11) is 1.23. The lowest BCUT2D eigenvalue weighted by atomic mass is 10.00. The van der Waals surface area contributed by atoms with E-state index in [1.165, 1.54) is 18.9 Å². The van der Waals surface area contributed by atoms with Gasteiger partial charge in [-0.25, -0.2) is 9.59 Å². The van der Waals surface area contributed by atoms with E-state index in [2.05, 4.69) is 10.1 Å². The van der Waals surface area contributed by atoms with Gasteiger partial charge in [-0.3, -0.25) is 4.79 Å². The lowest BCUT2D eigenvalue weighted by Crippen LogP contribution is -2.56. The van der Waals surface area contributed by atoms with E-state index < -0.39 is 23.5 Å². The minimum absolute atomic E-state index is 0.199. The van der Waals surface area contributed by atoms with Crippen LogP contribution in [0.15, 0.2) is 0 Å². The predicted octanol–water partition coefficient (Wildman–Crippen LogP) is 0.834. The molecule has 0 aliphatic carbocycles. The maximum absolute atomic E-state index is 12.0. The number of ether oxygens (including phenoxy) is 1. The Morgan fingerprint density at radius 3 is 2.26 bits per heavy atom. The van der Waals surface area contributed by atoms with Crippen molar-refractivity contribution in [2.24, 2.45) is 0 Å². The fraction of sp³-hybridized carbons (Fsp3) is 0.750. The van der Waals surface area contributed by atoms with Crippen molar-refractivity contribution in [1.29, 1.82) is 0 Å². The molecule has 0 spiro atoms. The summed E-state index contributed by atoms with van der Waals surface area (Å²) in [6.45, 7) is 5.10. The van der Waals surface area contributed by atoms with Crippen molar-refractivity contribution >= 4 is 18.0 Å². The van der Waals surface area contributed by atoms with Gasteiger partial charge in [-0.05, 0) is 19.8 Å². The van der Waals surface area contributed by atoms with Crippen molar-refractivity contribution in [1.82, 2.24) is 10.2 Å². The Morgan fingerprint density at radius 1 is 1.32 bits per heavy atom. The van der Waals surface area contributed by atoms with E-state index in [0.29, 0.717) is 13.0 Å². The largest absolute Gasteiger partial charge is 0.480 e. The standard InChI is InChI=1S/C12H22N2O5/c1-5-7-14(8-9(15)19-4)11(18)13-12(3,6-2)10(16)17/h5-8H2,1-4H3,(H,13,18)(H,16,17). The summed E-state index contributed by atoms with van der Waals surface area (Å²) >= 11 is 0. The number of carboxylic acid groups (broad SMARTS) is 1. The van der Waals surface area contributed by atoms with Crippen LogP contribution in [-0.2, 0) is 14.3 Å². The Bertz CT molecular complexity index is 345. The number of nitrogens with one attached hydrogen (secondary N) is 1. The predicted molar refractivity (Wildman–Crippen MR) is 68.7 cm³/mol. The third-order valence-corrected chi connectivity index (χ3v) is 2.89. The first-order valence-corrected chi connectivity index (χ1v) is 6.18. The highest BCUT2D eigenvalue weighted by atomic mass is 16.5. The van der Waals surface area contributed by atoms with E-state index in [9.17, 15) is 14.4 Å². The van der Waals surface area contributed by atoms with Gasteiger partial charge >= 0.3 is 18.0 Å². The van der Waals surface area contributed by atoms with Crippen LogP contribution in [-0.4, -0.2) is 53.7 Å². The molecule has 2 amide bonds. The zero-order chi connectivity index (χ0) is 15.1. The molecule has 1 unspecified atom stereocenters. The fourth-order valence-corrected chi connectivity index (χ4v) is 1.35. The maximum Gasteiger partial charge on any atom is 0.329 e. The molecule has 0 bridgehead atoms. The van der Waals surface area contributed by atoms with E-state index in [1.807, 2.05) is 6.92 Å². The van der Waals surface area contributed by atoms with Crippen molar-refractivity contribution in [3.8, 4) is 0 Å². The molecule has 0 radical (unpaired) electrons. The summed E-state index contributed by atoms with van der Waals surface area (Å²) in [4.78, 5) is 35.6. The Labute approximate surface area is 112 Å². The molecule has 0 saturated carbocycles. The Balaban J connectivity index is 4.81. The van der Waals surface area contributed by atoms with Crippen LogP contribution in [0, 0.1) is 0 Å². The number of amides is 2. The fourth-order valence-electron chi connectivity index (χ4n) is 1.35. The number of methoxy groups -OCH3 is 1. The highest BCUT2D eigenvalue weighted by molar-refractivity contribution is 5.87. The third kappa shape index (κ3) is 5.15. The first-order valence-electron chi connectivity index (χ1n) is 6.18. The maximum atomic E-state index is 12.0. The van der Waals surface area contributed by atoms with E-state index in [-0.39, 0.29) is 13.0 Å². The van der Waals surface area contributed by atoms with Crippen molar-refractivity contribution in [3.63, 3.8) is 0 Å². The molecule has 110 valence electrons. The van der Waals surface area contributed by atoms with E-state index in [1.54, 1.807) is 6.92 Å². The summed E-state index contributed by atoms with van der Waals surface area (Å²) in [5, 5.41) is 11.5. The molecule has 0 fully saturated rings. The van der Waals surface area contributed by atoms with Crippen LogP contribution >= 0.6 is 0 Å². The van der Waals surface area contributed by atoms with Crippen LogP contribution in [0.3, 0.4) is 0 Å². The SMILES string of the molecule is CCCN(CC(=O)OC)C(=O)NC(C)(CC)C(=O)O. The van der Waals surface area contributed by atoms with Gasteiger partial charge in [0, 0.05) is 6.54 Å². The number of carboxylic acids is 1. The molecule has 0 rings (SSSR count). The summed E-state index contributed by atoms with van der Waals surface area (Å²) in [5.74, 6) is -1.66. The minimum atomic E-state index is -1.35. The molecule has 2 N–H and O–H groups in total. The second-order valence-electron chi connectivity index (χ2n) is 4.42. The number of carbonyl (C=O) groups is 3. The van der Waals surface area contributed by atoms with Gasteiger partial charge in [-0.2, -0.15) is 0 Å². The molecule has 1 atom stereocenters. The molecular formula is C12H22N2O5. The molecule has 0 aliphatic rings. The number of rotatable bonds is 7. The molecule has 0 aromatic heterocycles. The smallest absolute Gasteiger partial charge is 0.329 e. The third-order valence-electron chi connectivity index (χ3n) is 2.89. The van der Waals surface area contributed by atoms with Crippen LogP contribution in [0.2, 0.25) is 0 Å². The van der Waals surface area contributed by atoms with Crippen molar-refractivity contribution < 1.29 is 24.2 Å². The zero-order valence-corrected chi connectivity index (χ0v) is 11.9. The van der Waals surface area contributed by atoms with Crippen LogP contribution in [0.5, 0.6) is 0 Å². The van der Waals surface area contributed by atoms with Gasteiger partial charge in [0.1, 0.15) is 12.1 Å². The van der Waals surface area contributed by atoms with Gasteiger partial charge < -0.3 is 20.1 Å². The van der Waals surface area contributed by atoms with E-state index in [4.69, 9.17) is 5.11 Å². The number of urea groups is 1. The van der Waals surface area contributed by atoms with Crippen LogP contribution < -0.4 is 5.32 Å². The van der Waals surface area contributed by atoms with Gasteiger partial charge in [0.2, 0.25) is 0 Å². The normalized spacial score (nSPS) is 13.3. The number of carbonyl (C=O) groups excluding carboxylic acids is 2. The molecule has 0 aliphatic heterocycles. The van der Waals surface area contributed by atoms with Crippen LogP contribution in [0.1, 0.15) is 33.6 Å². The Kier molecular flexibility index (Phi) is 6.89. The summed E-state index contributed by atoms with van der Waals surface area (Å²) < 4.78 is 4.50. The van der Waals surface area contributed by atoms with Crippen LogP contribution in [0.4, 0.5) is 4.79 Å². The number of aliphatic carboxylic acids is 1. The Hall–Kier alpha value is -1.79. The molecular weight excluding hydrogens is 252 g/mol. The average molecular weight is 274 g/mol. The minimum Gasteiger partial charge on any atom is -0.480 e. The second kappa shape index (κ2) is 7.60. The van der Waals surface area contributed by atoms with Crippen molar-refractivity contribution in [3.05, 3.63) is 0 Å². The first-order chi connectivity index (χ1) is 8.80. The number of esters is 1. The lowest BCUT2D eigenvalue weighted by molar-refractivity contribution is -0.143. The topological polar surface area (TPSA) is 95.9 Å². The van der Waals surface area contributed by atoms with Crippen molar-refractivity contribution in [2.45, 2.75) is 39.2 Å². The molecule has 0 saturated heterocycles. The number of hydrogen-bond donors (Lipinski definition) is 2. The molecule has 7 heteroatoms. The number of nitrogens with zero attached hydrogens (tertiary/aromatic N) is 1. The number of hydrogen-bond acceptors (Lipinski definition) is 4. The van der Waals surface area contributed by atoms with Gasteiger partial charge in [-0.15, -0.1) is 0 Å². The Morgan fingerprint density at radius 2 is 1.89 bits per heavy atom. The van der Waals surface area contributed by atoms with E-state index >= 15 is 0 Å². The highest BCUT2D eigenvalue weighted by Gasteiger charge is 2.34. The summed E-state index contributed by atoms with van der Waals surface area (Å²) in [6.07, 6.45) is 0.895. The van der Waals surface area contributed by atoms with Crippen molar-refractivity contribution in [2.75, 3.05) is 20.2 Å². The lowest BCUT2D eigenvalue weighted by Gasteiger charge is -2.29. The molecule has 0 heterocycles. The van der Waals surface area contributed by atoms with Gasteiger partial charge in [-0.1, -0.05) is 13.8 Å². The molecule has 7 nitrogen and oxygen atoms in total. The van der Waals surface area contributed by atoms with E-state index in [0.717, 1.165) is 0 Å². The highest BCUT2D eigenvalue weighted by Crippen LogP contribution is 2.10. The quantitative estimate of drug-likeness (QED) is 0.670. The van der Waals surface area contributed by atoms with Gasteiger partial charge in [0.15, 0.2) is 0 Å². The summed E-state index contributed by atoms with van der Waals surface area (Å²) in [6, 6.07) is -0.584. The average Bonchev–Trinajstić information content (AvgIpc) is 2.37.